The van der Waals surface area contributed by atoms with Crippen LogP contribution in [-0.4, -0.2) is 45.2 Å². The first-order chi connectivity index (χ1) is 13.1. The zero-order valence-corrected chi connectivity index (χ0v) is 16.5. The molecule has 28 heavy (non-hydrogen) atoms. The second-order valence-electron chi connectivity index (χ2n) is 8.61. The van der Waals surface area contributed by atoms with Gasteiger partial charge < -0.3 is 14.6 Å². The third-order valence-corrected chi connectivity index (χ3v) is 5.41. The molecule has 3 rings (SSSR count). The van der Waals surface area contributed by atoms with E-state index in [0.29, 0.717) is 19.3 Å². The first-order valence-corrected chi connectivity index (χ1v) is 9.58. The van der Waals surface area contributed by atoms with Crippen LogP contribution in [0.3, 0.4) is 0 Å². The number of aliphatic carboxylic acids is 1. The van der Waals surface area contributed by atoms with E-state index in [1.807, 2.05) is 30.3 Å². The van der Waals surface area contributed by atoms with Gasteiger partial charge in [0.15, 0.2) is 0 Å². The third kappa shape index (κ3) is 3.98. The van der Waals surface area contributed by atoms with Crippen LogP contribution in [0, 0.1) is 5.92 Å². The van der Waals surface area contributed by atoms with E-state index in [0.717, 1.165) is 5.56 Å². The molecule has 2 aliphatic rings. The first kappa shape index (κ1) is 20.2. The summed E-state index contributed by atoms with van der Waals surface area (Å²) in [5.74, 6) is -1.70. The summed E-state index contributed by atoms with van der Waals surface area (Å²) >= 11 is 0. The lowest BCUT2D eigenvalue weighted by Gasteiger charge is -2.34. The number of hydrogen-bond donors (Lipinski definition) is 1. The summed E-state index contributed by atoms with van der Waals surface area (Å²) in [4.78, 5) is 38.7. The number of carbonyl (C=O) groups is 3. The number of nitrogens with zero attached hydrogens (tertiary/aromatic N) is 1. The predicted molar refractivity (Wildman–Crippen MR) is 100 cm³/mol. The van der Waals surface area contributed by atoms with E-state index in [4.69, 9.17) is 9.47 Å². The smallest absolute Gasteiger partial charge is 0.411 e. The van der Waals surface area contributed by atoms with E-state index in [1.165, 1.54) is 4.90 Å². The third-order valence-electron chi connectivity index (χ3n) is 5.41. The summed E-state index contributed by atoms with van der Waals surface area (Å²) in [5.41, 5.74) is -1.00. The lowest BCUT2D eigenvalue weighted by atomic mass is 9.79. The molecular weight excluding hydrogens is 362 g/mol. The number of benzene rings is 1. The Morgan fingerprint density at radius 2 is 1.89 bits per heavy atom. The Kier molecular flexibility index (Phi) is 5.37. The number of fused-ring (bicyclic) bond motifs is 2. The first-order valence-electron chi connectivity index (χ1n) is 9.58. The quantitative estimate of drug-likeness (QED) is 0.776. The Hall–Kier alpha value is -2.57. The molecule has 0 aliphatic carbocycles. The van der Waals surface area contributed by atoms with Crippen molar-refractivity contribution < 1.29 is 29.0 Å². The molecule has 2 aliphatic heterocycles. The molecule has 7 nitrogen and oxygen atoms in total. The van der Waals surface area contributed by atoms with Gasteiger partial charge in [0.2, 0.25) is 0 Å². The molecule has 1 amide bonds. The van der Waals surface area contributed by atoms with Gasteiger partial charge in [0.25, 0.3) is 0 Å². The van der Waals surface area contributed by atoms with Crippen LogP contribution in [0.25, 0.3) is 0 Å². The van der Waals surface area contributed by atoms with Crippen LogP contribution in [0.2, 0.25) is 0 Å². The van der Waals surface area contributed by atoms with Gasteiger partial charge in [-0.1, -0.05) is 30.3 Å². The molecule has 0 radical (unpaired) electrons. The van der Waals surface area contributed by atoms with Crippen molar-refractivity contribution in [3.05, 3.63) is 35.9 Å². The zero-order chi connectivity index (χ0) is 20.5. The highest BCUT2D eigenvalue weighted by Gasteiger charge is 2.64. The molecule has 3 atom stereocenters. The predicted octanol–water partition coefficient (Wildman–Crippen LogP) is 3.36. The molecule has 1 N–H and O–H groups in total. The summed E-state index contributed by atoms with van der Waals surface area (Å²) < 4.78 is 11.1. The molecule has 0 saturated carbocycles. The second-order valence-corrected chi connectivity index (χ2v) is 8.61. The van der Waals surface area contributed by atoms with Crippen LogP contribution in [-0.2, 0) is 25.7 Å². The maximum atomic E-state index is 13.0. The van der Waals surface area contributed by atoms with Gasteiger partial charge in [-0.15, -0.1) is 0 Å². The molecule has 1 aromatic rings. The molecule has 0 spiro atoms. The molecule has 152 valence electrons. The SMILES string of the molecule is CC(C)(C)OC(=O)[C@]12CC[C@H]([C@H](CC(=O)O)C1)N2C(=O)OCc1ccccc1. The number of ether oxygens (including phenoxy) is 2. The van der Waals surface area contributed by atoms with Gasteiger partial charge in [-0.2, -0.15) is 0 Å². The number of carbonyl (C=O) groups excluding carboxylic acids is 2. The zero-order valence-electron chi connectivity index (χ0n) is 16.5. The molecular formula is C21H27NO6. The van der Waals surface area contributed by atoms with Crippen LogP contribution < -0.4 is 0 Å². The Morgan fingerprint density at radius 1 is 1.21 bits per heavy atom. The fourth-order valence-corrected chi connectivity index (χ4v) is 4.36. The lowest BCUT2D eigenvalue weighted by molar-refractivity contribution is -0.166. The summed E-state index contributed by atoms with van der Waals surface area (Å²) in [7, 11) is 0. The highest BCUT2D eigenvalue weighted by Crippen LogP contribution is 2.52. The highest BCUT2D eigenvalue weighted by molar-refractivity contribution is 5.88. The lowest BCUT2D eigenvalue weighted by Crippen LogP contribution is -2.53. The normalized spacial score (nSPS) is 26.2. The number of esters is 1. The highest BCUT2D eigenvalue weighted by atomic mass is 16.6. The maximum absolute atomic E-state index is 13.0. The van der Waals surface area contributed by atoms with Gasteiger partial charge in [0.1, 0.15) is 17.7 Å². The standard InChI is InChI=1S/C21H27NO6/c1-20(2,3)28-18(25)21-10-9-16(15(12-21)11-17(23)24)22(21)19(26)27-13-14-7-5-4-6-8-14/h4-8,15-16H,9-13H2,1-3H3,(H,23,24)/t15-,16-,21+/m1/s1. The van der Waals surface area contributed by atoms with Crippen LogP contribution in [0.1, 0.15) is 52.0 Å². The van der Waals surface area contributed by atoms with Crippen molar-refractivity contribution in [2.45, 2.75) is 70.2 Å². The fraction of sp³-hybridized carbons (Fsp3) is 0.571. The van der Waals surface area contributed by atoms with E-state index in [9.17, 15) is 19.5 Å². The Bertz CT molecular complexity index is 756. The number of carboxylic acid groups (broad SMARTS) is 1. The molecule has 2 heterocycles. The van der Waals surface area contributed by atoms with E-state index >= 15 is 0 Å². The largest absolute Gasteiger partial charge is 0.481 e. The minimum Gasteiger partial charge on any atom is -0.481 e. The molecule has 0 unspecified atom stereocenters. The van der Waals surface area contributed by atoms with Crippen LogP contribution >= 0.6 is 0 Å². The van der Waals surface area contributed by atoms with Gasteiger partial charge in [-0.25, -0.2) is 9.59 Å². The van der Waals surface area contributed by atoms with E-state index in [1.54, 1.807) is 20.8 Å². The molecule has 2 bridgehead atoms. The van der Waals surface area contributed by atoms with Crippen LogP contribution in [0.5, 0.6) is 0 Å². The van der Waals surface area contributed by atoms with Crippen molar-refractivity contribution in [1.82, 2.24) is 4.90 Å². The van der Waals surface area contributed by atoms with Crippen molar-refractivity contribution in [1.29, 1.82) is 0 Å². The maximum Gasteiger partial charge on any atom is 0.411 e. The van der Waals surface area contributed by atoms with Gasteiger partial charge in [-0.05, 0) is 51.5 Å². The fourth-order valence-electron chi connectivity index (χ4n) is 4.36. The monoisotopic (exact) mass is 389 g/mol. The van der Waals surface area contributed by atoms with Crippen molar-refractivity contribution in [3.8, 4) is 0 Å². The number of amides is 1. The number of carboxylic acids is 1. The molecule has 1 aromatic carbocycles. The average Bonchev–Trinajstić information content (AvgIpc) is 3.13. The van der Waals surface area contributed by atoms with E-state index in [-0.39, 0.29) is 25.0 Å². The Labute approximate surface area is 164 Å². The minimum absolute atomic E-state index is 0.0856. The topological polar surface area (TPSA) is 93.1 Å². The van der Waals surface area contributed by atoms with Crippen molar-refractivity contribution in [2.24, 2.45) is 5.92 Å². The minimum atomic E-state index is -1.15. The van der Waals surface area contributed by atoms with Crippen LogP contribution in [0.15, 0.2) is 30.3 Å². The summed E-state index contributed by atoms with van der Waals surface area (Å²) in [6.45, 7) is 5.41. The van der Waals surface area contributed by atoms with Gasteiger partial charge in [-0.3, -0.25) is 9.69 Å². The van der Waals surface area contributed by atoms with Gasteiger partial charge >= 0.3 is 18.0 Å². The van der Waals surface area contributed by atoms with Crippen molar-refractivity contribution in [3.63, 3.8) is 0 Å². The molecule has 0 aromatic heterocycles. The average molecular weight is 389 g/mol. The number of rotatable bonds is 5. The van der Waals surface area contributed by atoms with Crippen molar-refractivity contribution in [2.75, 3.05) is 0 Å². The number of hydrogen-bond acceptors (Lipinski definition) is 5. The summed E-state index contributed by atoms with van der Waals surface area (Å²) in [6.07, 6.45) is 0.641. The van der Waals surface area contributed by atoms with Crippen LogP contribution in [0.4, 0.5) is 4.79 Å². The molecule has 2 saturated heterocycles. The Balaban J connectivity index is 1.82. The van der Waals surface area contributed by atoms with Crippen molar-refractivity contribution >= 4 is 18.0 Å². The summed E-state index contributed by atoms with van der Waals surface area (Å²) in [5, 5.41) is 9.24. The summed E-state index contributed by atoms with van der Waals surface area (Å²) in [6, 6.07) is 8.96. The van der Waals surface area contributed by atoms with Gasteiger partial charge in [0.05, 0.1) is 6.42 Å². The Morgan fingerprint density at radius 3 is 2.50 bits per heavy atom. The molecule has 7 heteroatoms. The van der Waals surface area contributed by atoms with E-state index < -0.39 is 29.2 Å². The molecule has 2 fully saturated rings. The second kappa shape index (κ2) is 7.45. The van der Waals surface area contributed by atoms with Gasteiger partial charge in [0, 0.05) is 6.04 Å². The van der Waals surface area contributed by atoms with E-state index in [2.05, 4.69) is 0 Å².